The van der Waals surface area contributed by atoms with Gasteiger partial charge in [0, 0.05) is 18.0 Å². The lowest BCUT2D eigenvalue weighted by Crippen LogP contribution is -2.34. The zero-order valence-electron chi connectivity index (χ0n) is 8.80. The summed E-state index contributed by atoms with van der Waals surface area (Å²) in [5.41, 5.74) is 0.585. The van der Waals surface area contributed by atoms with Gasteiger partial charge in [-0.15, -0.1) is 0 Å². The van der Waals surface area contributed by atoms with Crippen molar-refractivity contribution in [1.29, 1.82) is 0 Å². The summed E-state index contributed by atoms with van der Waals surface area (Å²) in [6.07, 6.45) is 1.94. The molecule has 1 fully saturated rings. The van der Waals surface area contributed by atoms with E-state index >= 15 is 0 Å². The van der Waals surface area contributed by atoms with Gasteiger partial charge in [0.1, 0.15) is 5.82 Å². The molecule has 0 bridgehead atoms. The van der Waals surface area contributed by atoms with Gasteiger partial charge in [-0.3, -0.25) is 4.79 Å². The van der Waals surface area contributed by atoms with Gasteiger partial charge in [0.05, 0.1) is 4.47 Å². The topological polar surface area (TPSA) is 29.1 Å². The monoisotopic (exact) mass is 285 g/mol. The van der Waals surface area contributed by atoms with E-state index < -0.39 is 0 Å². The number of rotatable bonds is 2. The van der Waals surface area contributed by atoms with Crippen LogP contribution in [0.25, 0.3) is 0 Å². The molecule has 1 heterocycles. The normalized spacial score (nSPS) is 20.8. The van der Waals surface area contributed by atoms with Crippen LogP contribution in [0.2, 0.25) is 0 Å². The summed E-state index contributed by atoms with van der Waals surface area (Å²) in [6, 6.07) is 4.44. The van der Waals surface area contributed by atoms with Crippen molar-refractivity contribution in [3.05, 3.63) is 34.1 Å². The highest BCUT2D eigenvalue weighted by Gasteiger charge is 2.22. The molecule has 1 aromatic rings. The molecule has 4 heteroatoms. The second kappa shape index (κ2) is 5.06. The van der Waals surface area contributed by atoms with Crippen LogP contribution >= 0.6 is 15.9 Å². The molecule has 2 rings (SSSR count). The predicted molar refractivity (Wildman–Crippen MR) is 64.0 cm³/mol. The minimum atomic E-state index is -0.335. The Morgan fingerprint density at radius 2 is 2.31 bits per heavy atom. The van der Waals surface area contributed by atoms with Crippen molar-refractivity contribution < 1.29 is 9.18 Å². The zero-order chi connectivity index (χ0) is 11.5. The lowest BCUT2D eigenvalue weighted by molar-refractivity contribution is 0.0899. The van der Waals surface area contributed by atoms with Gasteiger partial charge in [-0.25, -0.2) is 4.39 Å². The third kappa shape index (κ3) is 2.50. The fourth-order valence-electron chi connectivity index (χ4n) is 1.96. The Bertz CT molecular complexity index is 402. The summed E-state index contributed by atoms with van der Waals surface area (Å²) in [7, 11) is 0. The average molecular weight is 286 g/mol. The quantitative estimate of drug-likeness (QED) is 0.847. The van der Waals surface area contributed by atoms with Crippen molar-refractivity contribution in [2.45, 2.75) is 12.8 Å². The van der Waals surface area contributed by atoms with Crippen LogP contribution in [0.4, 0.5) is 4.39 Å². The second-order valence-corrected chi connectivity index (χ2v) is 4.89. The summed E-state index contributed by atoms with van der Waals surface area (Å²) in [5, 5.41) is 3.20. The molecule has 16 heavy (non-hydrogen) atoms. The van der Waals surface area contributed by atoms with E-state index in [4.69, 9.17) is 0 Å². The van der Waals surface area contributed by atoms with Gasteiger partial charge in [-0.2, -0.15) is 0 Å². The number of Topliss-reactive ketones (excluding diaryl/α,β-unsaturated/α-hetero) is 1. The van der Waals surface area contributed by atoms with Gasteiger partial charge >= 0.3 is 0 Å². The van der Waals surface area contributed by atoms with Crippen molar-refractivity contribution in [1.82, 2.24) is 5.32 Å². The fourth-order valence-corrected chi connectivity index (χ4v) is 2.34. The number of halogens is 2. The maximum absolute atomic E-state index is 13.0. The smallest absolute Gasteiger partial charge is 0.167 e. The van der Waals surface area contributed by atoms with Crippen LogP contribution in [-0.2, 0) is 0 Å². The van der Waals surface area contributed by atoms with E-state index in [2.05, 4.69) is 21.2 Å². The Kier molecular flexibility index (Phi) is 3.71. The molecule has 0 aliphatic carbocycles. The van der Waals surface area contributed by atoms with Gasteiger partial charge in [0.15, 0.2) is 5.78 Å². The first-order valence-electron chi connectivity index (χ1n) is 5.38. The van der Waals surface area contributed by atoms with Crippen LogP contribution in [0.1, 0.15) is 23.2 Å². The molecule has 0 aromatic heterocycles. The van der Waals surface area contributed by atoms with Gasteiger partial charge in [-0.05, 0) is 53.5 Å². The van der Waals surface area contributed by atoms with Gasteiger partial charge < -0.3 is 5.32 Å². The van der Waals surface area contributed by atoms with Crippen LogP contribution in [0.15, 0.2) is 22.7 Å². The van der Waals surface area contributed by atoms with Crippen LogP contribution < -0.4 is 5.32 Å². The lowest BCUT2D eigenvalue weighted by atomic mass is 9.91. The molecule has 1 saturated heterocycles. The number of piperidine rings is 1. The van der Waals surface area contributed by atoms with Gasteiger partial charge in [0.2, 0.25) is 0 Å². The molecule has 0 spiro atoms. The van der Waals surface area contributed by atoms with Crippen molar-refractivity contribution >= 4 is 21.7 Å². The van der Waals surface area contributed by atoms with Crippen molar-refractivity contribution in [3.8, 4) is 0 Å². The summed E-state index contributed by atoms with van der Waals surface area (Å²) < 4.78 is 13.4. The van der Waals surface area contributed by atoms with Gasteiger partial charge in [-0.1, -0.05) is 0 Å². The summed E-state index contributed by atoms with van der Waals surface area (Å²) in [5.74, 6) is -0.197. The van der Waals surface area contributed by atoms with Crippen molar-refractivity contribution in [3.63, 3.8) is 0 Å². The number of ketones is 1. The first-order chi connectivity index (χ1) is 7.68. The fraction of sp³-hybridized carbons (Fsp3) is 0.417. The van der Waals surface area contributed by atoms with E-state index in [1.165, 1.54) is 6.07 Å². The Hall–Kier alpha value is -0.740. The maximum Gasteiger partial charge on any atom is 0.167 e. The molecule has 0 radical (unpaired) electrons. The highest BCUT2D eigenvalue weighted by Crippen LogP contribution is 2.21. The molecule has 1 aliphatic rings. The number of hydrogen-bond acceptors (Lipinski definition) is 2. The van der Waals surface area contributed by atoms with Crippen LogP contribution in [0.5, 0.6) is 0 Å². The SMILES string of the molecule is O=C(c1ccc(F)c(Br)c1)C1CCCNC1. The number of carbonyl (C=O) groups excluding carboxylic acids is 1. The molecule has 86 valence electrons. The molecule has 1 aromatic carbocycles. The largest absolute Gasteiger partial charge is 0.316 e. The van der Waals surface area contributed by atoms with E-state index in [0.717, 1.165) is 25.9 Å². The number of benzene rings is 1. The minimum absolute atomic E-state index is 0.0334. The molecule has 0 amide bonds. The molecule has 0 saturated carbocycles. The Labute approximate surface area is 102 Å². The van der Waals surface area contributed by atoms with E-state index in [1.54, 1.807) is 12.1 Å². The van der Waals surface area contributed by atoms with Crippen LogP contribution in [0.3, 0.4) is 0 Å². The third-order valence-corrected chi connectivity index (χ3v) is 3.48. The lowest BCUT2D eigenvalue weighted by Gasteiger charge is -2.21. The van der Waals surface area contributed by atoms with Crippen molar-refractivity contribution in [2.75, 3.05) is 13.1 Å². The van der Waals surface area contributed by atoms with Gasteiger partial charge in [0.25, 0.3) is 0 Å². The zero-order valence-corrected chi connectivity index (χ0v) is 10.4. The molecule has 1 atom stereocenters. The molecular formula is C12H13BrFNO. The highest BCUT2D eigenvalue weighted by atomic mass is 79.9. The summed E-state index contributed by atoms with van der Waals surface area (Å²) in [6.45, 7) is 1.71. The maximum atomic E-state index is 13.0. The van der Waals surface area contributed by atoms with E-state index in [9.17, 15) is 9.18 Å². The molecule has 1 N–H and O–H groups in total. The molecule has 1 unspecified atom stereocenters. The van der Waals surface area contributed by atoms with Crippen LogP contribution in [0, 0.1) is 11.7 Å². The molecular weight excluding hydrogens is 273 g/mol. The number of carbonyl (C=O) groups is 1. The molecule has 2 nitrogen and oxygen atoms in total. The van der Waals surface area contributed by atoms with E-state index in [-0.39, 0.29) is 17.5 Å². The van der Waals surface area contributed by atoms with E-state index in [0.29, 0.717) is 10.0 Å². The third-order valence-electron chi connectivity index (χ3n) is 2.87. The first kappa shape index (κ1) is 11.7. The summed E-state index contributed by atoms with van der Waals surface area (Å²) >= 11 is 3.10. The second-order valence-electron chi connectivity index (χ2n) is 4.04. The minimum Gasteiger partial charge on any atom is -0.316 e. The average Bonchev–Trinajstić information content (AvgIpc) is 2.33. The van der Waals surface area contributed by atoms with E-state index in [1.807, 2.05) is 0 Å². The molecule has 1 aliphatic heterocycles. The predicted octanol–water partition coefficient (Wildman–Crippen LogP) is 2.77. The first-order valence-corrected chi connectivity index (χ1v) is 6.18. The van der Waals surface area contributed by atoms with Crippen LogP contribution in [-0.4, -0.2) is 18.9 Å². The van der Waals surface area contributed by atoms with Crippen molar-refractivity contribution in [2.24, 2.45) is 5.92 Å². The Balaban J connectivity index is 2.16. The standard InChI is InChI=1S/C12H13BrFNO/c13-10-6-8(3-4-11(10)14)12(16)9-2-1-5-15-7-9/h3-4,6,9,15H,1-2,5,7H2. The summed E-state index contributed by atoms with van der Waals surface area (Å²) in [4.78, 5) is 12.1. The highest BCUT2D eigenvalue weighted by molar-refractivity contribution is 9.10. The Morgan fingerprint density at radius 3 is 2.94 bits per heavy atom. The number of hydrogen-bond donors (Lipinski definition) is 1. The number of nitrogens with one attached hydrogen (secondary N) is 1. The Morgan fingerprint density at radius 1 is 1.50 bits per heavy atom.